The molecule has 1 aromatic heterocycles. The quantitative estimate of drug-likeness (QED) is 0.732. The van der Waals surface area contributed by atoms with Gasteiger partial charge in [0.15, 0.2) is 0 Å². The van der Waals surface area contributed by atoms with E-state index >= 15 is 0 Å². The molecule has 1 rings (SSSR count). The lowest BCUT2D eigenvalue weighted by molar-refractivity contribution is 0.156. The largest absolute Gasteiger partial charge is 0.393 e. The molecule has 0 aliphatic heterocycles. The summed E-state index contributed by atoms with van der Waals surface area (Å²) in [5.41, 5.74) is 0. The monoisotopic (exact) mass is 214 g/mol. The van der Waals surface area contributed by atoms with Crippen molar-refractivity contribution in [2.45, 2.75) is 52.1 Å². The maximum Gasteiger partial charge on any atom is 0.0537 e. The lowest BCUT2D eigenvalue weighted by Crippen LogP contribution is -2.02. The molecule has 1 unspecified atom stereocenters. The SMILES string of the molecule is CCCCCC(O)CC.c1ccsc1. The molecule has 0 radical (unpaired) electrons. The van der Waals surface area contributed by atoms with Crippen LogP contribution in [0.15, 0.2) is 22.9 Å². The lowest BCUT2D eigenvalue weighted by atomic mass is 10.1. The molecule has 0 aromatic carbocycles. The number of aliphatic hydroxyl groups excluding tert-OH is 1. The Kier molecular flexibility index (Phi) is 10.5. The third-order valence-corrected chi connectivity index (χ3v) is 2.67. The second-order valence-corrected chi connectivity index (χ2v) is 4.17. The summed E-state index contributed by atoms with van der Waals surface area (Å²) in [7, 11) is 0. The molecule has 1 nitrogen and oxygen atoms in total. The van der Waals surface area contributed by atoms with Gasteiger partial charge in [0, 0.05) is 0 Å². The van der Waals surface area contributed by atoms with Crippen LogP contribution >= 0.6 is 11.3 Å². The van der Waals surface area contributed by atoms with Crippen molar-refractivity contribution in [3.8, 4) is 0 Å². The summed E-state index contributed by atoms with van der Waals surface area (Å²) < 4.78 is 0. The molecule has 1 heterocycles. The highest BCUT2D eigenvalue weighted by Crippen LogP contribution is 2.04. The van der Waals surface area contributed by atoms with Crippen molar-refractivity contribution in [2.24, 2.45) is 0 Å². The zero-order valence-corrected chi connectivity index (χ0v) is 10.1. The van der Waals surface area contributed by atoms with Crippen LogP contribution in [0.5, 0.6) is 0 Å². The Balaban J connectivity index is 0.000000280. The number of thiophene rings is 1. The van der Waals surface area contributed by atoms with Gasteiger partial charge in [0.05, 0.1) is 6.10 Å². The van der Waals surface area contributed by atoms with E-state index in [1.807, 2.05) is 29.8 Å². The van der Waals surface area contributed by atoms with Crippen LogP contribution in [0.4, 0.5) is 0 Å². The third-order valence-electron chi connectivity index (χ3n) is 2.04. The molecule has 14 heavy (non-hydrogen) atoms. The minimum absolute atomic E-state index is 0.0449. The average Bonchev–Trinajstić information content (AvgIpc) is 2.76. The summed E-state index contributed by atoms with van der Waals surface area (Å²) in [6, 6.07) is 4.04. The second kappa shape index (κ2) is 10.7. The fourth-order valence-electron chi connectivity index (χ4n) is 1.06. The average molecular weight is 214 g/mol. The van der Waals surface area contributed by atoms with Gasteiger partial charge in [0.1, 0.15) is 0 Å². The maximum absolute atomic E-state index is 9.08. The molecule has 1 atom stereocenters. The van der Waals surface area contributed by atoms with E-state index in [0.29, 0.717) is 0 Å². The van der Waals surface area contributed by atoms with Crippen LogP contribution in [0.1, 0.15) is 46.0 Å². The summed E-state index contributed by atoms with van der Waals surface area (Å²) in [5, 5.41) is 13.2. The molecule has 0 saturated heterocycles. The van der Waals surface area contributed by atoms with E-state index in [2.05, 4.69) is 6.92 Å². The first-order chi connectivity index (χ1) is 6.81. The first-order valence-electron chi connectivity index (χ1n) is 5.46. The minimum atomic E-state index is -0.0449. The molecule has 0 saturated carbocycles. The molecule has 0 spiro atoms. The number of hydrogen-bond donors (Lipinski definition) is 1. The molecule has 0 bridgehead atoms. The number of aliphatic hydroxyl groups is 1. The third kappa shape index (κ3) is 9.75. The van der Waals surface area contributed by atoms with Gasteiger partial charge in [-0.2, -0.15) is 11.3 Å². The van der Waals surface area contributed by atoms with Crippen LogP contribution in [-0.2, 0) is 0 Å². The molecule has 0 aliphatic carbocycles. The van der Waals surface area contributed by atoms with Crippen molar-refractivity contribution in [2.75, 3.05) is 0 Å². The normalized spacial score (nSPS) is 11.6. The lowest BCUT2D eigenvalue weighted by Gasteiger charge is -2.04. The predicted molar refractivity (Wildman–Crippen MR) is 64.8 cm³/mol. The van der Waals surface area contributed by atoms with Gasteiger partial charge in [0.25, 0.3) is 0 Å². The fraction of sp³-hybridized carbons (Fsp3) is 0.667. The van der Waals surface area contributed by atoms with Crippen LogP contribution < -0.4 is 0 Å². The van der Waals surface area contributed by atoms with E-state index in [0.717, 1.165) is 12.8 Å². The standard InChI is InChI=1S/C8H18O.C4H4S/c1-3-5-6-7-8(9)4-2;1-2-4-5-3-1/h8-9H,3-7H2,1-2H3;1-4H. The molecule has 82 valence electrons. The van der Waals surface area contributed by atoms with Gasteiger partial charge in [-0.1, -0.05) is 45.2 Å². The molecule has 1 aromatic rings. The zero-order valence-electron chi connectivity index (χ0n) is 9.28. The number of unbranched alkanes of at least 4 members (excludes halogenated alkanes) is 2. The highest BCUT2D eigenvalue weighted by Gasteiger charge is 1.97. The van der Waals surface area contributed by atoms with Crippen molar-refractivity contribution < 1.29 is 5.11 Å². The van der Waals surface area contributed by atoms with Crippen molar-refractivity contribution in [3.63, 3.8) is 0 Å². The van der Waals surface area contributed by atoms with Crippen LogP contribution in [0.25, 0.3) is 0 Å². The molecular formula is C12H22OS. The van der Waals surface area contributed by atoms with E-state index in [-0.39, 0.29) is 6.10 Å². The highest BCUT2D eigenvalue weighted by molar-refractivity contribution is 7.07. The summed E-state index contributed by atoms with van der Waals surface area (Å²) >= 11 is 1.71. The summed E-state index contributed by atoms with van der Waals surface area (Å²) in [6.45, 7) is 4.20. The van der Waals surface area contributed by atoms with Gasteiger partial charge in [-0.05, 0) is 23.6 Å². The molecule has 0 amide bonds. The van der Waals surface area contributed by atoms with Crippen molar-refractivity contribution in [1.82, 2.24) is 0 Å². The molecule has 2 heteroatoms. The Morgan fingerprint density at radius 3 is 2.14 bits per heavy atom. The Morgan fingerprint density at radius 1 is 1.14 bits per heavy atom. The van der Waals surface area contributed by atoms with Gasteiger partial charge in [0.2, 0.25) is 0 Å². The number of hydrogen-bond acceptors (Lipinski definition) is 2. The van der Waals surface area contributed by atoms with Gasteiger partial charge in [-0.25, -0.2) is 0 Å². The predicted octanol–water partition coefficient (Wildman–Crippen LogP) is 4.09. The fourth-order valence-corrected chi connectivity index (χ4v) is 1.51. The van der Waals surface area contributed by atoms with Gasteiger partial charge in [-0.3, -0.25) is 0 Å². The Bertz CT molecular complexity index is 155. The van der Waals surface area contributed by atoms with Crippen molar-refractivity contribution >= 4 is 11.3 Å². The second-order valence-electron chi connectivity index (χ2n) is 3.35. The van der Waals surface area contributed by atoms with E-state index in [4.69, 9.17) is 5.11 Å². The van der Waals surface area contributed by atoms with Crippen LogP contribution in [-0.4, -0.2) is 11.2 Å². The smallest absolute Gasteiger partial charge is 0.0537 e. The summed E-state index contributed by atoms with van der Waals surface area (Å²) in [4.78, 5) is 0. The first kappa shape index (κ1) is 13.7. The van der Waals surface area contributed by atoms with Gasteiger partial charge in [-0.15, -0.1) is 0 Å². The van der Waals surface area contributed by atoms with Crippen LogP contribution in [0.3, 0.4) is 0 Å². The van der Waals surface area contributed by atoms with Crippen molar-refractivity contribution in [1.29, 1.82) is 0 Å². The van der Waals surface area contributed by atoms with Gasteiger partial charge < -0.3 is 5.11 Å². The maximum atomic E-state index is 9.08. The van der Waals surface area contributed by atoms with Crippen molar-refractivity contribution in [3.05, 3.63) is 22.9 Å². The summed E-state index contributed by atoms with van der Waals surface area (Å²) in [5.74, 6) is 0. The zero-order chi connectivity index (χ0) is 10.6. The highest BCUT2D eigenvalue weighted by atomic mass is 32.1. The summed E-state index contributed by atoms with van der Waals surface area (Å²) in [6.07, 6.45) is 5.55. The molecule has 0 aliphatic rings. The topological polar surface area (TPSA) is 20.2 Å². The Hall–Kier alpha value is -0.340. The van der Waals surface area contributed by atoms with E-state index in [1.165, 1.54) is 19.3 Å². The van der Waals surface area contributed by atoms with Crippen LogP contribution in [0, 0.1) is 0 Å². The van der Waals surface area contributed by atoms with E-state index in [9.17, 15) is 0 Å². The van der Waals surface area contributed by atoms with Gasteiger partial charge >= 0.3 is 0 Å². The number of rotatable bonds is 5. The minimum Gasteiger partial charge on any atom is -0.393 e. The first-order valence-corrected chi connectivity index (χ1v) is 6.40. The Morgan fingerprint density at radius 2 is 1.79 bits per heavy atom. The molecule has 0 fully saturated rings. The molecule has 1 N–H and O–H groups in total. The van der Waals surface area contributed by atoms with E-state index in [1.54, 1.807) is 11.3 Å². The molecular weight excluding hydrogens is 192 g/mol. The van der Waals surface area contributed by atoms with E-state index < -0.39 is 0 Å². The van der Waals surface area contributed by atoms with Crippen LogP contribution in [0.2, 0.25) is 0 Å². The Labute approximate surface area is 91.8 Å².